The first-order chi connectivity index (χ1) is 11.8. The van der Waals surface area contributed by atoms with Crippen LogP contribution in [-0.4, -0.2) is 17.5 Å². The molecule has 0 aromatic heterocycles. The number of amides is 2. The Kier molecular flexibility index (Phi) is 6.34. The number of nitrogens with zero attached hydrogens (tertiary/aromatic N) is 1. The standard InChI is InChI=1S/C20H29N3O2/c1-14(22-23-18(24)15-9-6-5-7-10-15)16-11-8-12-17(13-16)21-19(25)20(2,3)4/h8,11-13,15H,5-7,9-10H2,1-4H3,(H,21,25)(H,23,24). The average Bonchev–Trinajstić information content (AvgIpc) is 2.59. The third-order valence-electron chi connectivity index (χ3n) is 4.53. The fourth-order valence-corrected chi connectivity index (χ4v) is 2.80. The van der Waals surface area contributed by atoms with Gasteiger partial charge in [-0.25, -0.2) is 5.43 Å². The van der Waals surface area contributed by atoms with Crippen LogP contribution < -0.4 is 10.7 Å². The van der Waals surface area contributed by atoms with E-state index in [9.17, 15) is 9.59 Å². The van der Waals surface area contributed by atoms with Crippen LogP contribution in [0.5, 0.6) is 0 Å². The number of anilines is 1. The Morgan fingerprint density at radius 3 is 2.44 bits per heavy atom. The van der Waals surface area contributed by atoms with E-state index in [-0.39, 0.29) is 17.7 Å². The predicted octanol–water partition coefficient (Wildman–Crippen LogP) is 4.09. The predicted molar refractivity (Wildman–Crippen MR) is 101 cm³/mol. The molecule has 136 valence electrons. The molecule has 0 saturated heterocycles. The van der Waals surface area contributed by atoms with Crippen molar-refractivity contribution in [1.29, 1.82) is 0 Å². The Morgan fingerprint density at radius 1 is 1.12 bits per heavy atom. The Bertz CT molecular complexity index is 653. The number of hydrogen-bond acceptors (Lipinski definition) is 3. The van der Waals surface area contributed by atoms with Crippen LogP contribution in [0.4, 0.5) is 5.69 Å². The summed E-state index contributed by atoms with van der Waals surface area (Å²) in [6, 6.07) is 7.50. The maximum atomic E-state index is 12.2. The molecule has 1 saturated carbocycles. The number of hydrazone groups is 1. The number of hydrogen-bond donors (Lipinski definition) is 2. The Hall–Kier alpha value is -2.17. The molecule has 2 N–H and O–H groups in total. The van der Waals surface area contributed by atoms with E-state index in [2.05, 4.69) is 15.8 Å². The van der Waals surface area contributed by atoms with Crippen molar-refractivity contribution in [2.75, 3.05) is 5.32 Å². The Balaban J connectivity index is 2.01. The molecule has 0 spiro atoms. The molecule has 5 heteroatoms. The van der Waals surface area contributed by atoms with Crippen LogP contribution in [0.15, 0.2) is 29.4 Å². The zero-order valence-corrected chi connectivity index (χ0v) is 15.7. The van der Waals surface area contributed by atoms with Crippen molar-refractivity contribution in [3.05, 3.63) is 29.8 Å². The van der Waals surface area contributed by atoms with Crippen LogP contribution in [0.3, 0.4) is 0 Å². The number of carbonyl (C=O) groups is 2. The van der Waals surface area contributed by atoms with E-state index in [1.54, 1.807) is 0 Å². The van der Waals surface area contributed by atoms with Crippen molar-refractivity contribution in [3.8, 4) is 0 Å². The quantitative estimate of drug-likeness (QED) is 0.638. The van der Waals surface area contributed by atoms with Gasteiger partial charge in [0, 0.05) is 17.0 Å². The second-order valence-corrected chi connectivity index (χ2v) is 7.79. The van der Waals surface area contributed by atoms with Gasteiger partial charge in [0.2, 0.25) is 11.8 Å². The van der Waals surface area contributed by atoms with Gasteiger partial charge in [0.05, 0.1) is 5.71 Å². The molecule has 25 heavy (non-hydrogen) atoms. The lowest BCUT2D eigenvalue weighted by molar-refractivity contribution is -0.126. The van der Waals surface area contributed by atoms with Gasteiger partial charge >= 0.3 is 0 Å². The summed E-state index contributed by atoms with van der Waals surface area (Å²) in [4.78, 5) is 24.3. The number of nitrogens with one attached hydrogen (secondary N) is 2. The second kappa shape index (κ2) is 8.28. The summed E-state index contributed by atoms with van der Waals surface area (Å²) in [6.07, 6.45) is 5.37. The summed E-state index contributed by atoms with van der Waals surface area (Å²) in [5.41, 5.74) is 4.56. The first-order valence-electron chi connectivity index (χ1n) is 9.03. The third kappa shape index (κ3) is 5.69. The van der Waals surface area contributed by atoms with E-state index in [1.807, 2.05) is 52.0 Å². The van der Waals surface area contributed by atoms with Gasteiger partial charge in [-0.3, -0.25) is 9.59 Å². The molecule has 0 bridgehead atoms. The molecule has 1 aliphatic carbocycles. The van der Waals surface area contributed by atoms with Gasteiger partial charge in [0.15, 0.2) is 0 Å². The largest absolute Gasteiger partial charge is 0.326 e. The summed E-state index contributed by atoms with van der Waals surface area (Å²) in [5.74, 6) is 0.0591. The first-order valence-corrected chi connectivity index (χ1v) is 9.03. The number of benzene rings is 1. The molecule has 0 atom stereocenters. The van der Waals surface area contributed by atoms with E-state index in [0.717, 1.165) is 42.6 Å². The van der Waals surface area contributed by atoms with Crippen molar-refractivity contribution in [1.82, 2.24) is 5.43 Å². The highest BCUT2D eigenvalue weighted by atomic mass is 16.2. The minimum Gasteiger partial charge on any atom is -0.326 e. The highest BCUT2D eigenvalue weighted by molar-refractivity contribution is 6.01. The third-order valence-corrected chi connectivity index (χ3v) is 4.53. The average molecular weight is 343 g/mol. The minimum absolute atomic E-state index is 0.0104. The summed E-state index contributed by atoms with van der Waals surface area (Å²) in [7, 11) is 0. The fraction of sp³-hybridized carbons (Fsp3) is 0.550. The monoisotopic (exact) mass is 343 g/mol. The fourth-order valence-electron chi connectivity index (χ4n) is 2.80. The van der Waals surface area contributed by atoms with Crippen LogP contribution in [-0.2, 0) is 9.59 Å². The van der Waals surface area contributed by atoms with E-state index in [4.69, 9.17) is 0 Å². The van der Waals surface area contributed by atoms with Gasteiger partial charge in [0.1, 0.15) is 0 Å². The van der Waals surface area contributed by atoms with Gasteiger partial charge in [-0.05, 0) is 37.5 Å². The molecule has 2 rings (SSSR count). The van der Waals surface area contributed by atoms with Crippen molar-refractivity contribution >= 4 is 23.2 Å². The van der Waals surface area contributed by atoms with Gasteiger partial charge in [0.25, 0.3) is 0 Å². The highest BCUT2D eigenvalue weighted by Crippen LogP contribution is 2.23. The maximum Gasteiger partial charge on any atom is 0.243 e. The number of rotatable bonds is 4. The lowest BCUT2D eigenvalue weighted by Gasteiger charge is -2.19. The molecular weight excluding hydrogens is 314 g/mol. The van der Waals surface area contributed by atoms with Crippen LogP contribution in [0.1, 0.15) is 65.4 Å². The lowest BCUT2D eigenvalue weighted by Crippen LogP contribution is -2.29. The van der Waals surface area contributed by atoms with E-state index < -0.39 is 5.41 Å². The van der Waals surface area contributed by atoms with E-state index in [0.29, 0.717) is 0 Å². The first kappa shape index (κ1) is 19.2. The summed E-state index contributed by atoms with van der Waals surface area (Å²) in [6.45, 7) is 7.48. The SMILES string of the molecule is CC(=NNC(=O)C1CCCCC1)c1cccc(NC(=O)C(C)(C)C)c1. The molecule has 5 nitrogen and oxygen atoms in total. The van der Waals surface area contributed by atoms with Crippen LogP contribution in [0, 0.1) is 11.3 Å². The van der Waals surface area contributed by atoms with Gasteiger partial charge in [-0.2, -0.15) is 5.10 Å². The van der Waals surface area contributed by atoms with Gasteiger partial charge in [-0.15, -0.1) is 0 Å². The van der Waals surface area contributed by atoms with Crippen molar-refractivity contribution in [3.63, 3.8) is 0 Å². The molecule has 1 aromatic carbocycles. The Morgan fingerprint density at radius 2 is 1.80 bits per heavy atom. The molecule has 0 aliphatic heterocycles. The summed E-state index contributed by atoms with van der Waals surface area (Å²) < 4.78 is 0. The molecule has 0 radical (unpaired) electrons. The zero-order valence-electron chi connectivity index (χ0n) is 15.7. The topological polar surface area (TPSA) is 70.6 Å². The zero-order chi connectivity index (χ0) is 18.4. The highest BCUT2D eigenvalue weighted by Gasteiger charge is 2.22. The lowest BCUT2D eigenvalue weighted by atomic mass is 9.89. The summed E-state index contributed by atoms with van der Waals surface area (Å²) in [5, 5.41) is 7.16. The Labute approximate surface area is 150 Å². The van der Waals surface area contributed by atoms with Gasteiger partial charge < -0.3 is 5.32 Å². The van der Waals surface area contributed by atoms with Crippen molar-refractivity contribution in [2.45, 2.75) is 59.8 Å². The molecule has 1 aliphatic rings. The molecule has 2 amide bonds. The minimum atomic E-state index is -0.451. The van der Waals surface area contributed by atoms with Crippen molar-refractivity contribution in [2.24, 2.45) is 16.4 Å². The molecular formula is C20H29N3O2. The molecule has 0 unspecified atom stereocenters. The van der Waals surface area contributed by atoms with E-state index in [1.165, 1.54) is 6.42 Å². The molecule has 1 fully saturated rings. The van der Waals surface area contributed by atoms with Crippen LogP contribution in [0.25, 0.3) is 0 Å². The van der Waals surface area contributed by atoms with Crippen molar-refractivity contribution < 1.29 is 9.59 Å². The summed E-state index contributed by atoms with van der Waals surface area (Å²) >= 11 is 0. The van der Waals surface area contributed by atoms with E-state index >= 15 is 0 Å². The smallest absolute Gasteiger partial charge is 0.243 e. The maximum absolute atomic E-state index is 12.2. The number of carbonyl (C=O) groups excluding carboxylic acids is 2. The van der Waals surface area contributed by atoms with Crippen LogP contribution in [0.2, 0.25) is 0 Å². The molecule has 1 aromatic rings. The van der Waals surface area contributed by atoms with Gasteiger partial charge in [-0.1, -0.05) is 52.2 Å². The van der Waals surface area contributed by atoms with Crippen LogP contribution >= 0.6 is 0 Å². The second-order valence-electron chi connectivity index (χ2n) is 7.79. The normalized spacial score (nSPS) is 16.4. The molecule has 0 heterocycles.